The summed E-state index contributed by atoms with van der Waals surface area (Å²) in [4.78, 5) is 15.4. The number of pyridine rings is 1. The number of rotatable bonds is 1. The summed E-state index contributed by atoms with van der Waals surface area (Å²) in [7, 11) is 0.699. The van der Waals surface area contributed by atoms with E-state index in [9.17, 15) is 18.0 Å². The molecule has 0 unspecified atom stereocenters. The van der Waals surface area contributed by atoms with Crippen LogP contribution in [0.1, 0.15) is 10.4 Å². The Morgan fingerprint density at radius 2 is 2.00 bits per heavy atom. The van der Waals surface area contributed by atoms with Crippen molar-refractivity contribution in [2.24, 2.45) is 0 Å². The van der Waals surface area contributed by atoms with Crippen molar-refractivity contribution in [3.8, 4) is 0 Å². The molecule has 0 N–H and O–H groups in total. The third kappa shape index (κ3) is 2.27. The minimum absolute atomic E-state index is 0.0407. The van der Waals surface area contributed by atoms with Crippen LogP contribution in [-0.2, 0) is 0 Å². The SMILES string of the molecule is CN(C(=O)c1ccc2cccnc2c1)C(F)(F)F. The van der Waals surface area contributed by atoms with Crippen LogP contribution in [0.3, 0.4) is 0 Å². The predicted molar refractivity (Wildman–Crippen MR) is 59.9 cm³/mol. The van der Waals surface area contributed by atoms with E-state index in [4.69, 9.17) is 0 Å². The average Bonchev–Trinajstić information content (AvgIpc) is 2.35. The quantitative estimate of drug-likeness (QED) is 0.733. The molecule has 3 nitrogen and oxygen atoms in total. The van der Waals surface area contributed by atoms with Gasteiger partial charge in [-0.05, 0) is 18.2 Å². The molecule has 1 amide bonds. The second-order valence-corrected chi connectivity index (χ2v) is 3.74. The van der Waals surface area contributed by atoms with Crippen molar-refractivity contribution in [1.82, 2.24) is 9.88 Å². The molecule has 0 fully saturated rings. The lowest BCUT2D eigenvalue weighted by Gasteiger charge is -2.20. The van der Waals surface area contributed by atoms with Crippen molar-refractivity contribution in [2.45, 2.75) is 6.30 Å². The monoisotopic (exact) mass is 254 g/mol. The number of carbonyl (C=O) groups is 1. The fourth-order valence-electron chi connectivity index (χ4n) is 1.51. The molecule has 1 aromatic carbocycles. The van der Waals surface area contributed by atoms with Gasteiger partial charge in [-0.15, -0.1) is 13.2 Å². The third-order valence-electron chi connectivity index (χ3n) is 2.54. The summed E-state index contributed by atoms with van der Waals surface area (Å²) in [6, 6.07) is 7.75. The van der Waals surface area contributed by atoms with E-state index in [0.29, 0.717) is 12.6 Å². The number of nitrogens with zero attached hydrogens (tertiary/aromatic N) is 2. The van der Waals surface area contributed by atoms with E-state index >= 15 is 0 Å². The van der Waals surface area contributed by atoms with Gasteiger partial charge in [0.15, 0.2) is 0 Å². The summed E-state index contributed by atoms with van der Waals surface area (Å²) in [5, 5.41) is 0.767. The summed E-state index contributed by atoms with van der Waals surface area (Å²) in [6.07, 6.45) is -3.17. The van der Waals surface area contributed by atoms with Gasteiger partial charge < -0.3 is 0 Å². The zero-order valence-corrected chi connectivity index (χ0v) is 9.40. The molecule has 1 heterocycles. The number of aromatic nitrogens is 1. The third-order valence-corrected chi connectivity index (χ3v) is 2.54. The fourth-order valence-corrected chi connectivity index (χ4v) is 1.51. The maximum atomic E-state index is 12.4. The summed E-state index contributed by atoms with van der Waals surface area (Å²) in [5.74, 6) is -1.10. The molecule has 0 spiro atoms. The van der Waals surface area contributed by atoms with E-state index in [1.54, 1.807) is 18.2 Å². The van der Waals surface area contributed by atoms with Crippen molar-refractivity contribution in [3.05, 3.63) is 42.1 Å². The molecule has 0 aliphatic carbocycles. The van der Waals surface area contributed by atoms with Crippen LogP contribution in [-0.4, -0.2) is 29.1 Å². The van der Waals surface area contributed by atoms with Gasteiger partial charge in [0.1, 0.15) is 0 Å². The van der Waals surface area contributed by atoms with Crippen molar-refractivity contribution < 1.29 is 18.0 Å². The molecule has 0 atom stereocenters. The Hall–Kier alpha value is -2.11. The number of hydrogen-bond donors (Lipinski definition) is 0. The molecule has 2 aromatic rings. The molecule has 0 aliphatic rings. The Kier molecular flexibility index (Phi) is 2.94. The molecule has 0 saturated heterocycles. The summed E-state index contributed by atoms with van der Waals surface area (Å²) >= 11 is 0. The maximum Gasteiger partial charge on any atom is 0.487 e. The first kappa shape index (κ1) is 12.3. The largest absolute Gasteiger partial charge is 0.487 e. The minimum Gasteiger partial charge on any atom is -0.269 e. The van der Waals surface area contributed by atoms with Gasteiger partial charge in [0, 0.05) is 24.2 Å². The highest BCUT2D eigenvalue weighted by molar-refractivity contribution is 5.97. The summed E-state index contributed by atoms with van der Waals surface area (Å²) < 4.78 is 37.2. The fraction of sp³-hybridized carbons (Fsp3) is 0.167. The smallest absolute Gasteiger partial charge is 0.269 e. The zero-order valence-electron chi connectivity index (χ0n) is 9.40. The minimum atomic E-state index is -4.68. The lowest BCUT2D eigenvalue weighted by Crippen LogP contribution is -2.39. The molecule has 0 bridgehead atoms. The highest BCUT2D eigenvalue weighted by atomic mass is 19.4. The number of fused-ring (bicyclic) bond motifs is 1. The van der Waals surface area contributed by atoms with Crippen LogP contribution >= 0.6 is 0 Å². The summed E-state index contributed by atoms with van der Waals surface area (Å²) in [6.45, 7) is 0. The molecular formula is C12H9F3N2O. The van der Waals surface area contributed by atoms with Gasteiger partial charge in [-0.2, -0.15) is 0 Å². The van der Waals surface area contributed by atoms with Crippen LogP contribution < -0.4 is 0 Å². The van der Waals surface area contributed by atoms with E-state index in [-0.39, 0.29) is 10.5 Å². The van der Waals surface area contributed by atoms with Gasteiger partial charge in [-0.1, -0.05) is 12.1 Å². The molecule has 1 aromatic heterocycles. The van der Waals surface area contributed by atoms with Crippen molar-refractivity contribution >= 4 is 16.8 Å². The molecular weight excluding hydrogens is 245 g/mol. The molecule has 94 valence electrons. The van der Waals surface area contributed by atoms with Crippen molar-refractivity contribution in [2.75, 3.05) is 7.05 Å². The predicted octanol–water partition coefficient (Wildman–Crippen LogP) is 2.83. The van der Waals surface area contributed by atoms with E-state index < -0.39 is 12.2 Å². The van der Waals surface area contributed by atoms with Gasteiger partial charge >= 0.3 is 6.30 Å². The van der Waals surface area contributed by atoms with Crippen LogP contribution in [0.2, 0.25) is 0 Å². The molecule has 0 saturated carbocycles. The standard InChI is InChI=1S/C12H9F3N2O/c1-17(12(13,14)15)11(18)9-5-4-8-3-2-6-16-10(8)7-9/h2-7H,1H3. The molecule has 0 radical (unpaired) electrons. The normalized spacial score (nSPS) is 11.6. The summed E-state index contributed by atoms with van der Waals surface area (Å²) in [5.41, 5.74) is 0.444. The Balaban J connectivity index is 2.40. The lowest BCUT2D eigenvalue weighted by molar-refractivity contribution is -0.216. The molecule has 2 rings (SSSR count). The van der Waals surface area contributed by atoms with E-state index in [1.807, 2.05) is 0 Å². The van der Waals surface area contributed by atoms with Gasteiger partial charge in [0.05, 0.1) is 5.52 Å². The second-order valence-electron chi connectivity index (χ2n) is 3.74. The number of benzene rings is 1. The van der Waals surface area contributed by atoms with Crippen LogP contribution in [0.15, 0.2) is 36.5 Å². The lowest BCUT2D eigenvalue weighted by atomic mass is 10.1. The van der Waals surface area contributed by atoms with Crippen LogP contribution in [0, 0.1) is 0 Å². The van der Waals surface area contributed by atoms with Crippen molar-refractivity contribution in [1.29, 1.82) is 0 Å². The Morgan fingerprint density at radius 1 is 1.28 bits per heavy atom. The van der Waals surface area contributed by atoms with Crippen molar-refractivity contribution in [3.63, 3.8) is 0 Å². The van der Waals surface area contributed by atoms with Gasteiger partial charge in [-0.25, -0.2) is 0 Å². The van der Waals surface area contributed by atoms with Crippen LogP contribution in [0.4, 0.5) is 13.2 Å². The first-order chi connectivity index (χ1) is 8.39. The van der Waals surface area contributed by atoms with Gasteiger partial charge in [0.25, 0.3) is 5.91 Å². The van der Waals surface area contributed by atoms with Gasteiger partial charge in [-0.3, -0.25) is 14.7 Å². The molecule has 18 heavy (non-hydrogen) atoms. The number of alkyl halides is 3. The highest BCUT2D eigenvalue weighted by Crippen LogP contribution is 2.22. The Labute approximate surface area is 101 Å². The van der Waals surface area contributed by atoms with Gasteiger partial charge in [0.2, 0.25) is 0 Å². The Bertz CT molecular complexity index is 595. The number of hydrogen-bond acceptors (Lipinski definition) is 2. The van der Waals surface area contributed by atoms with E-state index in [0.717, 1.165) is 5.39 Å². The van der Waals surface area contributed by atoms with E-state index in [2.05, 4.69) is 4.98 Å². The van der Waals surface area contributed by atoms with Crippen LogP contribution in [0.5, 0.6) is 0 Å². The number of carbonyl (C=O) groups excluding carboxylic acids is 1. The second kappa shape index (κ2) is 4.29. The first-order valence-corrected chi connectivity index (χ1v) is 5.09. The topological polar surface area (TPSA) is 33.2 Å². The highest BCUT2D eigenvalue weighted by Gasteiger charge is 2.38. The van der Waals surface area contributed by atoms with Crippen LogP contribution in [0.25, 0.3) is 10.9 Å². The average molecular weight is 254 g/mol. The zero-order chi connectivity index (χ0) is 13.3. The maximum absolute atomic E-state index is 12.4. The molecule has 6 heteroatoms. The Morgan fingerprint density at radius 3 is 2.67 bits per heavy atom. The number of amides is 1. The van der Waals surface area contributed by atoms with E-state index in [1.165, 1.54) is 18.3 Å². The first-order valence-electron chi connectivity index (χ1n) is 5.09. The number of halogens is 3. The molecule has 0 aliphatic heterocycles.